The molecule has 4 atom stereocenters. The van der Waals surface area contributed by atoms with E-state index < -0.39 is 29.7 Å². The van der Waals surface area contributed by atoms with Crippen LogP contribution in [0.4, 0.5) is 28.1 Å². The predicted molar refractivity (Wildman–Crippen MR) is 215 cm³/mol. The summed E-state index contributed by atoms with van der Waals surface area (Å²) in [6.07, 6.45) is 3.99. The molecule has 2 aromatic heterocycles. The summed E-state index contributed by atoms with van der Waals surface area (Å²) in [4.78, 5) is 86.1. The zero-order chi connectivity index (χ0) is 39.5. The maximum Gasteiger partial charge on any atom is 0.267 e. The van der Waals surface area contributed by atoms with Gasteiger partial charge in [-0.2, -0.15) is 0 Å². The standard InChI is InChI=1S/C40H41ClN10O5S/c1-21-4-3-5-29(41)35(21)47-37(54)31-18-42-40(57-31)45-32-17-33(44-22(2)43-32)49-12-10-48(11-13-49)26-14-23-19-50(20-24(23)15-26)25-6-7-27-28(16-25)39(56)51(38(27)55)30-8-9-34(52)46-36(30)53/h3-7,16-18,23-24,26,30H,8-15,19-20H2,1-2H3,(H,47,54)(H,46,52,53)(H,42,43,44,45)/t23-,24+,26?,30?. The van der Waals surface area contributed by atoms with Crippen LogP contribution in [0.3, 0.4) is 0 Å². The molecule has 294 valence electrons. The molecule has 0 radical (unpaired) electrons. The van der Waals surface area contributed by atoms with Crippen LogP contribution in [0.5, 0.6) is 0 Å². The minimum absolute atomic E-state index is 0.0926. The van der Waals surface area contributed by atoms with Crippen LogP contribution in [0.25, 0.3) is 0 Å². The van der Waals surface area contributed by atoms with Gasteiger partial charge >= 0.3 is 0 Å². The quantitative estimate of drug-likeness (QED) is 0.211. The fraction of sp³-hybridized carbons (Fsp3) is 0.400. The Kier molecular flexibility index (Phi) is 9.65. The molecule has 9 rings (SSSR count). The van der Waals surface area contributed by atoms with Gasteiger partial charge in [-0.1, -0.05) is 35.1 Å². The fourth-order valence-electron chi connectivity index (χ4n) is 9.04. The van der Waals surface area contributed by atoms with E-state index >= 15 is 0 Å². The van der Waals surface area contributed by atoms with E-state index in [1.807, 2.05) is 38.1 Å². The number of anilines is 5. The number of para-hydroxylation sites is 1. The summed E-state index contributed by atoms with van der Waals surface area (Å²) in [5.41, 5.74) is 2.99. The van der Waals surface area contributed by atoms with Crippen molar-refractivity contribution in [2.75, 3.05) is 59.7 Å². The molecule has 15 nitrogen and oxygen atoms in total. The number of hydrogen-bond acceptors (Lipinski definition) is 13. The number of amides is 5. The number of imide groups is 2. The summed E-state index contributed by atoms with van der Waals surface area (Å²) >= 11 is 7.54. The Hall–Kier alpha value is -5.45. The average molecular weight is 809 g/mol. The summed E-state index contributed by atoms with van der Waals surface area (Å²) in [6.45, 7) is 9.09. The van der Waals surface area contributed by atoms with Crippen molar-refractivity contribution in [1.82, 2.24) is 30.1 Å². The molecule has 0 spiro atoms. The van der Waals surface area contributed by atoms with Gasteiger partial charge in [0.05, 0.1) is 28.0 Å². The van der Waals surface area contributed by atoms with Gasteiger partial charge in [-0.3, -0.25) is 39.1 Å². The van der Waals surface area contributed by atoms with E-state index in [1.54, 1.807) is 18.2 Å². The Morgan fingerprint density at radius 3 is 2.40 bits per heavy atom. The van der Waals surface area contributed by atoms with Crippen LogP contribution in [-0.2, 0) is 9.59 Å². The van der Waals surface area contributed by atoms with E-state index in [2.05, 4.69) is 40.6 Å². The molecule has 0 bridgehead atoms. The Bertz CT molecular complexity index is 2290. The average Bonchev–Trinajstić information content (AvgIpc) is 3.97. The van der Waals surface area contributed by atoms with Crippen LogP contribution in [-0.4, -0.2) is 106 Å². The molecule has 4 fully saturated rings. The third kappa shape index (κ3) is 7.10. The monoisotopic (exact) mass is 808 g/mol. The summed E-state index contributed by atoms with van der Waals surface area (Å²) < 4.78 is 0. The molecule has 1 saturated carbocycles. The van der Waals surface area contributed by atoms with Crippen molar-refractivity contribution < 1.29 is 24.0 Å². The first-order chi connectivity index (χ1) is 27.5. The van der Waals surface area contributed by atoms with Crippen molar-refractivity contribution in [3.05, 3.63) is 81.1 Å². The van der Waals surface area contributed by atoms with Crippen molar-refractivity contribution in [1.29, 1.82) is 0 Å². The number of piperidine rings is 1. The van der Waals surface area contributed by atoms with Gasteiger partial charge in [0.2, 0.25) is 11.8 Å². The van der Waals surface area contributed by atoms with Gasteiger partial charge in [0.25, 0.3) is 17.7 Å². The van der Waals surface area contributed by atoms with Crippen LogP contribution in [0, 0.1) is 25.7 Å². The molecule has 4 aromatic rings. The highest BCUT2D eigenvalue weighted by atomic mass is 35.5. The van der Waals surface area contributed by atoms with Crippen molar-refractivity contribution in [3.63, 3.8) is 0 Å². The van der Waals surface area contributed by atoms with Crippen molar-refractivity contribution >= 4 is 80.6 Å². The second-order valence-electron chi connectivity index (χ2n) is 15.4. The van der Waals surface area contributed by atoms with Gasteiger partial charge in [-0.25, -0.2) is 15.0 Å². The molecule has 2 unspecified atom stereocenters. The Labute approximate surface area is 337 Å². The molecular formula is C40H41ClN10O5S. The number of aryl methyl sites for hydroxylation is 2. The lowest BCUT2D eigenvalue weighted by Crippen LogP contribution is -2.54. The molecule has 1 aliphatic carbocycles. The lowest BCUT2D eigenvalue weighted by molar-refractivity contribution is -0.136. The molecule has 6 heterocycles. The number of halogens is 1. The van der Waals surface area contributed by atoms with Gasteiger partial charge in [-0.15, -0.1) is 0 Å². The number of fused-ring (bicyclic) bond motifs is 2. The second kappa shape index (κ2) is 14.8. The largest absolute Gasteiger partial charge is 0.371 e. The maximum atomic E-state index is 13.4. The number of rotatable bonds is 8. The normalized spacial score (nSPS) is 23.5. The number of nitrogens with one attached hydrogen (secondary N) is 3. The van der Waals surface area contributed by atoms with E-state index in [-0.39, 0.29) is 18.7 Å². The highest BCUT2D eigenvalue weighted by molar-refractivity contribution is 7.17. The number of aromatic nitrogens is 3. The molecule has 5 aliphatic rings. The third-order valence-electron chi connectivity index (χ3n) is 11.9. The Morgan fingerprint density at radius 1 is 0.912 bits per heavy atom. The lowest BCUT2D eigenvalue weighted by atomic mass is 10.0. The van der Waals surface area contributed by atoms with Crippen LogP contribution < -0.4 is 25.8 Å². The highest BCUT2D eigenvalue weighted by Crippen LogP contribution is 2.43. The summed E-state index contributed by atoms with van der Waals surface area (Å²) in [5.74, 6) is 0.936. The molecule has 17 heteroatoms. The van der Waals surface area contributed by atoms with E-state index in [0.29, 0.717) is 61.4 Å². The zero-order valence-electron chi connectivity index (χ0n) is 31.5. The molecule has 3 saturated heterocycles. The second-order valence-corrected chi connectivity index (χ2v) is 16.9. The first-order valence-corrected chi connectivity index (χ1v) is 20.4. The molecule has 4 aliphatic heterocycles. The number of hydrogen-bond donors (Lipinski definition) is 3. The molecule has 2 aromatic carbocycles. The fourth-order valence-corrected chi connectivity index (χ4v) is 10.0. The van der Waals surface area contributed by atoms with Gasteiger partial charge in [0.1, 0.15) is 28.4 Å². The number of benzene rings is 2. The first kappa shape index (κ1) is 37.1. The minimum Gasteiger partial charge on any atom is -0.371 e. The lowest BCUT2D eigenvalue weighted by Gasteiger charge is -2.39. The minimum atomic E-state index is -0.973. The van der Waals surface area contributed by atoms with Crippen LogP contribution in [0.2, 0.25) is 5.02 Å². The van der Waals surface area contributed by atoms with Gasteiger partial charge in [0.15, 0.2) is 5.13 Å². The predicted octanol–water partition coefficient (Wildman–Crippen LogP) is 4.64. The van der Waals surface area contributed by atoms with Crippen molar-refractivity contribution in [2.45, 2.75) is 51.6 Å². The van der Waals surface area contributed by atoms with E-state index in [9.17, 15) is 24.0 Å². The summed E-state index contributed by atoms with van der Waals surface area (Å²) in [7, 11) is 0. The number of carbonyl (C=O) groups is 5. The van der Waals surface area contributed by atoms with E-state index in [0.717, 1.165) is 74.1 Å². The Balaban J connectivity index is 0.778. The van der Waals surface area contributed by atoms with Gasteiger partial charge in [0, 0.05) is 63.5 Å². The number of carbonyl (C=O) groups excluding carboxylic acids is 5. The zero-order valence-corrected chi connectivity index (χ0v) is 33.0. The Morgan fingerprint density at radius 2 is 1.67 bits per heavy atom. The smallest absolute Gasteiger partial charge is 0.267 e. The first-order valence-electron chi connectivity index (χ1n) is 19.2. The van der Waals surface area contributed by atoms with E-state index in [4.69, 9.17) is 16.6 Å². The van der Waals surface area contributed by atoms with Gasteiger partial charge < -0.3 is 20.4 Å². The molecule has 3 N–H and O–H groups in total. The summed E-state index contributed by atoms with van der Waals surface area (Å²) in [6, 6.07) is 12.3. The van der Waals surface area contributed by atoms with Gasteiger partial charge in [-0.05, 0) is 74.8 Å². The van der Waals surface area contributed by atoms with E-state index in [1.165, 1.54) is 17.5 Å². The molecule has 5 amide bonds. The topological polar surface area (TPSA) is 173 Å². The SMILES string of the molecule is Cc1nc(Nc2ncc(C(=O)Nc3c(C)cccc3Cl)s2)cc(N2CCN(C3C[C@@H]4CN(c5ccc6c(c5)C(=O)N(C5CCC(=O)NC5=O)C6=O)C[C@@H]4C3)CC2)n1. The van der Waals surface area contributed by atoms with Crippen LogP contribution in [0.15, 0.2) is 48.7 Å². The number of thiazole rings is 1. The van der Waals surface area contributed by atoms with Crippen LogP contribution in [0.1, 0.15) is 67.5 Å². The molecular weight excluding hydrogens is 768 g/mol. The van der Waals surface area contributed by atoms with Crippen molar-refractivity contribution in [3.8, 4) is 0 Å². The number of piperazine rings is 1. The highest BCUT2D eigenvalue weighted by Gasteiger charge is 2.46. The summed E-state index contributed by atoms with van der Waals surface area (Å²) in [5, 5.41) is 9.44. The molecule has 57 heavy (non-hydrogen) atoms. The maximum absolute atomic E-state index is 13.4. The van der Waals surface area contributed by atoms with Crippen LogP contribution >= 0.6 is 22.9 Å². The third-order valence-corrected chi connectivity index (χ3v) is 13.1. The number of nitrogens with zero attached hydrogens (tertiary/aromatic N) is 7. The van der Waals surface area contributed by atoms with Crippen molar-refractivity contribution in [2.24, 2.45) is 11.8 Å².